The molecule has 0 aliphatic carbocycles. The molecule has 2 aromatic heterocycles. The summed E-state index contributed by atoms with van der Waals surface area (Å²) in [6.45, 7) is 8.09. The minimum Gasteiger partial charge on any atom is -0.378 e. The molecule has 1 unspecified atom stereocenters. The lowest BCUT2D eigenvalue weighted by atomic mass is 9.96. The molecule has 168 valence electrons. The molecule has 1 atom stereocenters. The van der Waals surface area contributed by atoms with Crippen LogP contribution in [0, 0.1) is 13.8 Å². The summed E-state index contributed by atoms with van der Waals surface area (Å²) < 4.78 is 9.52. The van der Waals surface area contributed by atoms with E-state index in [9.17, 15) is 4.79 Å². The molecule has 0 bridgehead atoms. The number of fused-ring (bicyclic) bond motifs is 3. The van der Waals surface area contributed by atoms with Gasteiger partial charge in [-0.05, 0) is 54.7 Å². The monoisotopic (exact) mass is 441 g/mol. The van der Waals surface area contributed by atoms with Crippen molar-refractivity contribution in [2.24, 2.45) is 0 Å². The molecule has 2 aliphatic rings. The van der Waals surface area contributed by atoms with Crippen LogP contribution in [0.15, 0.2) is 53.6 Å². The number of hydrogen-bond donors (Lipinski definition) is 0. The molecule has 0 saturated carbocycles. The number of benzene rings is 2. The Morgan fingerprint density at radius 2 is 1.76 bits per heavy atom. The zero-order chi connectivity index (χ0) is 22.5. The van der Waals surface area contributed by atoms with Crippen molar-refractivity contribution in [2.45, 2.75) is 32.9 Å². The molecule has 2 aromatic carbocycles. The van der Waals surface area contributed by atoms with Gasteiger partial charge in [0.15, 0.2) is 0 Å². The number of morpholine rings is 1. The molecule has 7 heteroatoms. The van der Waals surface area contributed by atoms with Crippen LogP contribution < -0.4 is 10.5 Å². The summed E-state index contributed by atoms with van der Waals surface area (Å²) in [5.41, 5.74) is 6.89. The van der Waals surface area contributed by atoms with Gasteiger partial charge in [0.05, 0.1) is 30.2 Å². The number of hydrogen-bond acceptors (Lipinski definition) is 5. The Morgan fingerprint density at radius 1 is 0.970 bits per heavy atom. The largest absolute Gasteiger partial charge is 0.378 e. The van der Waals surface area contributed by atoms with E-state index in [4.69, 9.17) is 4.74 Å². The fourth-order valence-electron chi connectivity index (χ4n) is 5.18. The first-order valence-corrected chi connectivity index (χ1v) is 11.6. The second-order valence-corrected chi connectivity index (χ2v) is 8.97. The third kappa shape index (κ3) is 3.26. The fourth-order valence-corrected chi connectivity index (χ4v) is 5.18. The molecule has 33 heavy (non-hydrogen) atoms. The molecule has 1 saturated heterocycles. The summed E-state index contributed by atoms with van der Waals surface area (Å²) in [7, 11) is 0. The fraction of sp³-hybridized carbons (Fsp3) is 0.346. The average Bonchev–Trinajstić information content (AvgIpc) is 3.41. The number of rotatable bonds is 3. The Bertz CT molecular complexity index is 1400. The number of nitrogens with zero attached hydrogens (tertiary/aromatic N) is 5. The van der Waals surface area contributed by atoms with Crippen molar-refractivity contribution >= 4 is 16.9 Å². The SMILES string of the molecule is Cc1cccc(C2CCn3c(=O)c4ccc(-c5cnc(N6CCOCC6)nc5)cc4n32)c1C. The molecule has 0 radical (unpaired) electrons. The first-order valence-electron chi connectivity index (χ1n) is 11.6. The number of aromatic nitrogens is 4. The first kappa shape index (κ1) is 20.2. The Hall–Kier alpha value is -3.45. The van der Waals surface area contributed by atoms with Crippen LogP contribution >= 0.6 is 0 Å². The smallest absolute Gasteiger partial charge is 0.274 e. The molecule has 1 fully saturated rings. The van der Waals surface area contributed by atoms with Gasteiger partial charge in [-0.3, -0.25) is 9.48 Å². The van der Waals surface area contributed by atoms with Gasteiger partial charge in [0.1, 0.15) is 0 Å². The maximum Gasteiger partial charge on any atom is 0.274 e. The van der Waals surface area contributed by atoms with Crippen LogP contribution in [0.25, 0.3) is 22.0 Å². The van der Waals surface area contributed by atoms with Crippen molar-refractivity contribution in [1.82, 2.24) is 19.3 Å². The van der Waals surface area contributed by atoms with Gasteiger partial charge in [-0.25, -0.2) is 14.6 Å². The van der Waals surface area contributed by atoms with E-state index in [-0.39, 0.29) is 11.6 Å². The highest BCUT2D eigenvalue weighted by molar-refractivity contribution is 5.84. The predicted molar refractivity (Wildman–Crippen MR) is 129 cm³/mol. The van der Waals surface area contributed by atoms with Gasteiger partial charge in [0, 0.05) is 37.6 Å². The third-order valence-electron chi connectivity index (χ3n) is 7.15. The van der Waals surface area contributed by atoms with E-state index in [1.165, 1.54) is 16.7 Å². The van der Waals surface area contributed by atoms with Gasteiger partial charge in [0.2, 0.25) is 5.95 Å². The zero-order valence-corrected chi connectivity index (χ0v) is 19.0. The molecule has 6 rings (SSSR count). The summed E-state index contributed by atoms with van der Waals surface area (Å²) in [5.74, 6) is 0.735. The molecule has 2 aliphatic heterocycles. The maximum atomic E-state index is 13.1. The van der Waals surface area contributed by atoms with Crippen molar-refractivity contribution in [3.8, 4) is 11.1 Å². The standard InChI is InChI=1S/C26H27N5O2/c1-17-4-3-5-21(18(17)2)23-8-9-30-25(32)22-7-6-19(14-24(22)31(23)30)20-15-27-26(28-16-20)29-10-12-33-13-11-29/h3-7,14-16,23H,8-13H2,1-2H3. The average molecular weight is 442 g/mol. The summed E-state index contributed by atoms with van der Waals surface area (Å²) >= 11 is 0. The molecule has 0 amide bonds. The van der Waals surface area contributed by atoms with E-state index in [1.807, 2.05) is 29.2 Å². The van der Waals surface area contributed by atoms with E-state index >= 15 is 0 Å². The molecule has 4 aromatic rings. The van der Waals surface area contributed by atoms with Gasteiger partial charge >= 0.3 is 0 Å². The van der Waals surface area contributed by atoms with Crippen molar-refractivity contribution < 1.29 is 4.74 Å². The molecule has 0 spiro atoms. The second-order valence-electron chi connectivity index (χ2n) is 8.97. The molecule has 7 nitrogen and oxygen atoms in total. The van der Waals surface area contributed by atoms with Crippen LogP contribution in [0.5, 0.6) is 0 Å². The van der Waals surface area contributed by atoms with Gasteiger partial charge in [-0.2, -0.15) is 0 Å². The number of aryl methyl sites for hydroxylation is 1. The van der Waals surface area contributed by atoms with E-state index in [0.29, 0.717) is 13.2 Å². The Balaban J connectivity index is 1.42. The van der Waals surface area contributed by atoms with Crippen LogP contribution in [-0.2, 0) is 11.3 Å². The lowest BCUT2D eigenvalue weighted by molar-refractivity contribution is 0.122. The molecule has 4 heterocycles. The first-order chi connectivity index (χ1) is 16.1. The summed E-state index contributed by atoms with van der Waals surface area (Å²) in [5, 5.41) is 0.764. The van der Waals surface area contributed by atoms with Crippen LogP contribution in [0.3, 0.4) is 0 Å². The predicted octanol–water partition coefficient (Wildman–Crippen LogP) is 3.71. The van der Waals surface area contributed by atoms with Gasteiger partial charge in [-0.15, -0.1) is 0 Å². The van der Waals surface area contributed by atoms with Gasteiger partial charge in [-0.1, -0.05) is 24.3 Å². The van der Waals surface area contributed by atoms with E-state index < -0.39 is 0 Å². The Kier molecular flexibility index (Phi) is 4.80. The quantitative estimate of drug-likeness (QED) is 0.485. The van der Waals surface area contributed by atoms with Crippen molar-refractivity contribution in [3.63, 3.8) is 0 Å². The van der Waals surface area contributed by atoms with Crippen LogP contribution in [-0.4, -0.2) is 45.6 Å². The summed E-state index contributed by atoms with van der Waals surface area (Å²) in [6.07, 6.45) is 4.68. The minimum atomic E-state index is 0.0864. The van der Waals surface area contributed by atoms with Crippen LogP contribution in [0.4, 0.5) is 5.95 Å². The summed E-state index contributed by atoms with van der Waals surface area (Å²) in [4.78, 5) is 24.5. The van der Waals surface area contributed by atoms with E-state index in [0.717, 1.165) is 54.0 Å². The normalized spacial score (nSPS) is 18.1. The highest BCUT2D eigenvalue weighted by Gasteiger charge is 2.29. The molecular weight excluding hydrogens is 414 g/mol. The zero-order valence-electron chi connectivity index (χ0n) is 19.0. The van der Waals surface area contributed by atoms with Gasteiger partial charge < -0.3 is 9.64 Å². The number of ether oxygens (including phenoxy) is 1. The minimum absolute atomic E-state index is 0.0864. The highest BCUT2D eigenvalue weighted by Crippen LogP contribution is 2.35. The van der Waals surface area contributed by atoms with Crippen molar-refractivity contribution in [2.75, 3.05) is 31.2 Å². The Morgan fingerprint density at radius 3 is 2.55 bits per heavy atom. The summed E-state index contributed by atoms with van der Waals surface area (Å²) in [6, 6.07) is 12.7. The third-order valence-corrected chi connectivity index (χ3v) is 7.15. The van der Waals surface area contributed by atoms with E-state index in [2.05, 4.69) is 57.7 Å². The van der Waals surface area contributed by atoms with Crippen molar-refractivity contribution in [1.29, 1.82) is 0 Å². The van der Waals surface area contributed by atoms with Crippen LogP contribution in [0.2, 0.25) is 0 Å². The van der Waals surface area contributed by atoms with E-state index in [1.54, 1.807) is 0 Å². The topological polar surface area (TPSA) is 65.2 Å². The lowest BCUT2D eigenvalue weighted by Gasteiger charge is -2.26. The molecular formula is C26H27N5O2. The maximum absolute atomic E-state index is 13.1. The second kappa shape index (κ2) is 7.85. The molecule has 0 N–H and O–H groups in total. The number of anilines is 1. The van der Waals surface area contributed by atoms with Crippen molar-refractivity contribution in [3.05, 3.63) is 75.8 Å². The highest BCUT2D eigenvalue weighted by atomic mass is 16.5. The van der Waals surface area contributed by atoms with Crippen LogP contribution in [0.1, 0.15) is 29.2 Å². The Labute approximate surface area is 192 Å². The van der Waals surface area contributed by atoms with Gasteiger partial charge in [0.25, 0.3) is 5.56 Å². The lowest BCUT2D eigenvalue weighted by Crippen LogP contribution is -2.37.